The standard InChI is InChI=1S/C26H29ClN6O4/c1-14-12-17(15(2)28-19-6-7-20(27)29-22(19)25(36)37)21-18(13-14)24(35)31(3)26(30-21)33-10-8-32(9-11-33)23(34)16-4-5-16/h6-7,12-13,15-16,28H,4-5,8-11H2,1-3H3,(H,36,37)/t15-/m0/s1. The lowest BCUT2D eigenvalue weighted by Crippen LogP contribution is -2.50. The lowest BCUT2D eigenvalue weighted by molar-refractivity contribution is -0.132. The van der Waals surface area contributed by atoms with Crippen molar-refractivity contribution in [1.29, 1.82) is 0 Å². The van der Waals surface area contributed by atoms with Gasteiger partial charge < -0.3 is 20.2 Å². The molecule has 1 atom stereocenters. The average Bonchev–Trinajstić information content (AvgIpc) is 3.72. The van der Waals surface area contributed by atoms with E-state index in [9.17, 15) is 19.5 Å². The number of carbonyl (C=O) groups excluding carboxylic acids is 1. The number of nitrogens with one attached hydrogen (secondary N) is 1. The number of carbonyl (C=O) groups is 2. The van der Waals surface area contributed by atoms with Crippen LogP contribution in [-0.4, -0.2) is 62.6 Å². The number of aromatic carboxylic acids is 1. The van der Waals surface area contributed by atoms with E-state index >= 15 is 0 Å². The van der Waals surface area contributed by atoms with Crippen LogP contribution in [0.5, 0.6) is 0 Å². The minimum Gasteiger partial charge on any atom is -0.476 e. The van der Waals surface area contributed by atoms with Gasteiger partial charge >= 0.3 is 5.97 Å². The molecule has 10 nitrogen and oxygen atoms in total. The number of anilines is 2. The molecular weight excluding hydrogens is 496 g/mol. The second-order valence-electron chi connectivity index (χ2n) is 9.81. The zero-order valence-electron chi connectivity index (χ0n) is 21.0. The number of aryl methyl sites for hydroxylation is 1. The largest absolute Gasteiger partial charge is 0.476 e. The van der Waals surface area contributed by atoms with E-state index in [1.165, 1.54) is 6.07 Å². The van der Waals surface area contributed by atoms with Gasteiger partial charge in [-0.1, -0.05) is 17.7 Å². The van der Waals surface area contributed by atoms with Crippen LogP contribution in [0.4, 0.5) is 11.6 Å². The van der Waals surface area contributed by atoms with Crippen molar-refractivity contribution in [3.8, 4) is 0 Å². The van der Waals surface area contributed by atoms with E-state index in [0.29, 0.717) is 48.7 Å². The lowest BCUT2D eigenvalue weighted by Gasteiger charge is -2.36. The Morgan fingerprint density at radius 1 is 1.14 bits per heavy atom. The van der Waals surface area contributed by atoms with Crippen LogP contribution in [0.15, 0.2) is 29.1 Å². The molecule has 1 saturated carbocycles. The van der Waals surface area contributed by atoms with Crippen molar-refractivity contribution < 1.29 is 14.7 Å². The Hall–Kier alpha value is -3.66. The molecule has 3 heterocycles. The second kappa shape index (κ2) is 9.66. The predicted octanol–water partition coefficient (Wildman–Crippen LogP) is 3.22. The van der Waals surface area contributed by atoms with E-state index in [1.807, 2.05) is 35.8 Å². The third-order valence-corrected chi connectivity index (χ3v) is 7.24. The van der Waals surface area contributed by atoms with Crippen LogP contribution in [0.1, 0.15) is 47.4 Å². The predicted molar refractivity (Wildman–Crippen MR) is 141 cm³/mol. The first-order chi connectivity index (χ1) is 17.6. The fourth-order valence-corrected chi connectivity index (χ4v) is 5.04. The first kappa shape index (κ1) is 25.0. The van der Waals surface area contributed by atoms with Crippen molar-refractivity contribution in [1.82, 2.24) is 19.4 Å². The van der Waals surface area contributed by atoms with Gasteiger partial charge in [-0.3, -0.25) is 14.2 Å². The minimum atomic E-state index is -1.19. The van der Waals surface area contributed by atoms with Crippen molar-refractivity contribution in [2.45, 2.75) is 32.7 Å². The highest BCUT2D eigenvalue weighted by Gasteiger charge is 2.35. The van der Waals surface area contributed by atoms with Crippen molar-refractivity contribution in [3.63, 3.8) is 0 Å². The summed E-state index contributed by atoms with van der Waals surface area (Å²) in [5.41, 5.74) is 2.19. The monoisotopic (exact) mass is 524 g/mol. The third-order valence-electron chi connectivity index (χ3n) is 7.03. The smallest absolute Gasteiger partial charge is 0.356 e. The van der Waals surface area contributed by atoms with E-state index in [1.54, 1.807) is 17.7 Å². The molecule has 2 aromatic heterocycles. The van der Waals surface area contributed by atoms with Crippen LogP contribution < -0.4 is 15.8 Å². The van der Waals surface area contributed by atoms with Crippen molar-refractivity contribution in [2.24, 2.45) is 13.0 Å². The Morgan fingerprint density at radius 3 is 2.49 bits per heavy atom. The van der Waals surface area contributed by atoms with Crippen molar-refractivity contribution >= 4 is 46.0 Å². The van der Waals surface area contributed by atoms with Crippen molar-refractivity contribution in [2.75, 3.05) is 36.4 Å². The number of aromatic nitrogens is 3. The van der Waals surface area contributed by atoms with Crippen LogP contribution in [0, 0.1) is 12.8 Å². The van der Waals surface area contributed by atoms with Crippen LogP contribution in [0.25, 0.3) is 10.9 Å². The number of rotatable bonds is 6. The number of hydrogen-bond acceptors (Lipinski definition) is 7. The summed E-state index contributed by atoms with van der Waals surface area (Å²) in [7, 11) is 1.72. The molecule has 0 unspecified atom stereocenters. The molecule has 0 radical (unpaired) electrons. The highest BCUT2D eigenvalue weighted by molar-refractivity contribution is 6.29. The van der Waals surface area contributed by atoms with Gasteiger partial charge in [0.25, 0.3) is 5.56 Å². The molecule has 0 spiro atoms. The number of hydrogen-bond donors (Lipinski definition) is 2. The van der Waals surface area contributed by atoms with Gasteiger partial charge in [0.15, 0.2) is 5.69 Å². The quantitative estimate of drug-likeness (QED) is 0.471. The summed E-state index contributed by atoms with van der Waals surface area (Å²) in [6, 6.07) is 6.49. The first-order valence-electron chi connectivity index (χ1n) is 12.4. The van der Waals surface area contributed by atoms with E-state index in [4.69, 9.17) is 16.6 Å². The molecule has 0 bridgehead atoms. The van der Waals surface area contributed by atoms with Gasteiger partial charge in [0.2, 0.25) is 11.9 Å². The zero-order valence-corrected chi connectivity index (χ0v) is 21.7. The molecule has 1 aromatic carbocycles. The Labute approximate surface area is 218 Å². The van der Waals surface area contributed by atoms with Crippen molar-refractivity contribution in [3.05, 3.63) is 56.6 Å². The third kappa shape index (κ3) is 4.85. The Balaban J connectivity index is 1.50. The number of benzene rings is 1. The highest BCUT2D eigenvalue weighted by Crippen LogP contribution is 2.32. The molecule has 1 amide bonds. The number of carboxylic acids is 1. The van der Waals surface area contributed by atoms with Gasteiger partial charge in [0.05, 0.1) is 22.6 Å². The van der Waals surface area contributed by atoms with Gasteiger partial charge in [-0.2, -0.15) is 0 Å². The molecule has 2 aliphatic rings. The number of nitrogens with zero attached hydrogens (tertiary/aromatic N) is 5. The number of pyridine rings is 1. The molecule has 1 saturated heterocycles. The number of amides is 1. The summed E-state index contributed by atoms with van der Waals surface area (Å²) in [4.78, 5) is 50.5. The molecule has 2 N–H and O–H groups in total. The fourth-order valence-electron chi connectivity index (χ4n) is 4.90. The van der Waals surface area contributed by atoms with Gasteiger partial charge in [-0.15, -0.1) is 0 Å². The Morgan fingerprint density at radius 2 is 1.84 bits per heavy atom. The molecule has 194 valence electrons. The minimum absolute atomic E-state index is 0.0883. The van der Waals surface area contributed by atoms with Crippen LogP contribution >= 0.6 is 11.6 Å². The lowest BCUT2D eigenvalue weighted by atomic mass is 10.0. The number of halogens is 1. The fraction of sp³-hybridized carbons (Fsp3) is 0.423. The summed E-state index contributed by atoms with van der Waals surface area (Å²) >= 11 is 5.91. The average molecular weight is 525 g/mol. The SMILES string of the molecule is Cc1cc([C@H](C)Nc2ccc(Cl)nc2C(=O)O)c2nc(N3CCN(C(=O)C4CC4)CC3)n(C)c(=O)c2c1. The molecule has 5 rings (SSSR count). The number of piperazine rings is 1. The summed E-state index contributed by atoms with van der Waals surface area (Å²) in [6.07, 6.45) is 1.96. The number of fused-ring (bicyclic) bond motifs is 1. The molecule has 2 fully saturated rings. The maximum Gasteiger partial charge on any atom is 0.356 e. The van der Waals surface area contributed by atoms with E-state index in [-0.39, 0.29) is 34.3 Å². The Kier molecular flexibility index (Phi) is 6.53. The number of carboxylic acid groups (broad SMARTS) is 1. The molecular formula is C26H29ClN6O4. The zero-order chi connectivity index (χ0) is 26.4. The van der Waals surface area contributed by atoms with E-state index in [0.717, 1.165) is 24.0 Å². The van der Waals surface area contributed by atoms with Gasteiger partial charge in [0.1, 0.15) is 5.15 Å². The van der Waals surface area contributed by atoms with E-state index in [2.05, 4.69) is 10.3 Å². The summed E-state index contributed by atoms with van der Waals surface area (Å²) < 4.78 is 1.56. The summed E-state index contributed by atoms with van der Waals surface area (Å²) in [6.45, 7) is 6.18. The maximum atomic E-state index is 13.4. The molecule has 37 heavy (non-hydrogen) atoms. The van der Waals surface area contributed by atoms with Crippen LogP contribution in [0.2, 0.25) is 5.15 Å². The van der Waals surface area contributed by atoms with Crippen LogP contribution in [0.3, 0.4) is 0 Å². The Bertz CT molecular complexity index is 1460. The molecule has 1 aliphatic carbocycles. The van der Waals surface area contributed by atoms with Gasteiger partial charge in [0, 0.05) is 44.7 Å². The maximum absolute atomic E-state index is 13.4. The summed E-state index contributed by atoms with van der Waals surface area (Å²) in [5.74, 6) is -0.227. The topological polar surface area (TPSA) is 121 Å². The van der Waals surface area contributed by atoms with Gasteiger partial charge in [-0.05, 0) is 50.5 Å². The normalized spacial score (nSPS) is 16.6. The molecule has 3 aromatic rings. The van der Waals surface area contributed by atoms with Gasteiger partial charge in [-0.25, -0.2) is 14.8 Å². The highest BCUT2D eigenvalue weighted by atomic mass is 35.5. The van der Waals surface area contributed by atoms with E-state index < -0.39 is 5.97 Å². The molecule has 11 heteroatoms. The summed E-state index contributed by atoms with van der Waals surface area (Å²) in [5, 5.41) is 13.4. The first-order valence-corrected chi connectivity index (χ1v) is 12.7. The molecule has 1 aliphatic heterocycles. The van der Waals surface area contributed by atoms with Crippen LogP contribution in [-0.2, 0) is 11.8 Å². The second-order valence-corrected chi connectivity index (χ2v) is 10.2.